The van der Waals surface area contributed by atoms with Crippen molar-refractivity contribution in [3.8, 4) is 28.3 Å². The van der Waals surface area contributed by atoms with Gasteiger partial charge in [0.15, 0.2) is 4.96 Å². The molecule has 5 rings (SSSR count). The highest BCUT2D eigenvalue weighted by Crippen LogP contribution is 2.35. The van der Waals surface area contributed by atoms with Gasteiger partial charge >= 0.3 is 0 Å². The summed E-state index contributed by atoms with van der Waals surface area (Å²) in [5, 5.41) is 2.04. The smallest absolute Gasteiger partial charge is 0.194 e. The number of hydrogen-bond acceptors (Lipinski definition) is 3. The fourth-order valence-corrected chi connectivity index (χ4v) is 4.05. The lowest BCUT2D eigenvalue weighted by atomic mass is 10.0. The van der Waals surface area contributed by atoms with Gasteiger partial charge in [-0.15, -0.1) is 11.3 Å². The number of ether oxygens (including phenoxy) is 1. The zero-order chi connectivity index (χ0) is 19.6. The standard InChI is InChI=1S/C24H17FN2OS/c25-20-11-9-17(10-12-20)16-28-21-8-4-7-19(15-21)22-23(18-5-2-1-3-6-18)27-13-14-29-24(27)26-22/h1-15H,16H2. The van der Waals surface area contributed by atoms with E-state index < -0.39 is 0 Å². The molecule has 0 radical (unpaired) electrons. The van der Waals surface area contributed by atoms with Crippen molar-refractivity contribution < 1.29 is 9.13 Å². The molecular weight excluding hydrogens is 383 g/mol. The number of thiazole rings is 1. The zero-order valence-corrected chi connectivity index (χ0v) is 16.3. The van der Waals surface area contributed by atoms with E-state index in [2.05, 4.69) is 16.5 Å². The van der Waals surface area contributed by atoms with Crippen molar-refractivity contribution in [2.45, 2.75) is 6.61 Å². The van der Waals surface area contributed by atoms with Crippen LogP contribution in [0.25, 0.3) is 27.5 Å². The third-order valence-electron chi connectivity index (χ3n) is 4.74. The maximum absolute atomic E-state index is 13.1. The molecule has 2 heterocycles. The number of fused-ring (bicyclic) bond motifs is 1. The van der Waals surface area contributed by atoms with Crippen LogP contribution in [0, 0.1) is 5.82 Å². The fourth-order valence-electron chi connectivity index (χ4n) is 3.34. The van der Waals surface area contributed by atoms with E-state index in [4.69, 9.17) is 9.72 Å². The molecule has 0 spiro atoms. The van der Waals surface area contributed by atoms with Crippen LogP contribution in [0.4, 0.5) is 4.39 Å². The third kappa shape index (κ3) is 3.52. The molecule has 2 aromatic heterocycles. The zero-order valence-electron chi connectivity index (χ0n) is 15.5. The first kappa shape index (κ1) is 17.6. The van der Waals surface area contributed by atoms with Crippen molar-refractivity contribution in [2.75, 3.05) is 0 Å². The molecule has 5 aromatic rings. The van der Waals surface area contributed by atoms with E-state index in [-0.39, 0.29) is 5.82 Å². The Morgan fingerprint density at radius 2 is 1.69 bits per heavy atom. The van der Waals surface area contributed by atoms with Gasteiger partial charge in [0.05, 0.1) is 11.4 Å². The molecule has 0 saturated carbocycles. The minimum Gasteiger partial charge on any atom is -0.489 e. The molecule has 0 atom stereocenters. The Morgan fingerprint density at radius 3 is 2.52 bits per heavy atom. The molecule has 0 saturated heterocycles. The van der Waals surface area contributed by atoms with Gasteiger partial charge in [0.2, 0.25) is 0 Å². The second-order valence-electron chi connectivity index (χ2n) is 6.67. The van der Waals surface area contributed by atoms with Crippen molar-refractivity contribution in [1.29, 1.82) is 0 Å². The molecular formula is C24H17FN2OS. The van der Waals surface area contributed by atoms with Crippen LogP contribution in [0.2, 0.25) is 0 Å². The average molecular weight is 400 g/mol. The molecule has 3 nitrogen and oxygen atoms in total. The summed E-state index contributed by atoms with van der Waals surface area (Å²) in [7, 11) is 0. The van der Waals surface area contributed by atoms with Crippen molar-refractivity contribution in [3.05, 3.63) is 102 Å². The van der Waals surface area contributed by atoms with E-state index in [1.165, 1.54) is 12.1 Å². The van der Waals surface area contributed by atoms with Gasteiger partial charge in [-0.1, -0.05) is 54.6 Å². The Hall–Kier alpha value is -3.44. The van der Waals surface area contributed by atoms with Gasteiger partial charge in [0.25, 0.3) is 0 Å². The monoisotopic (exact) mass is 400 g/mol. The van der Waals surface area contributed by atoms with E-state index in [1.807, 2.05) is 54.0 Å². The third-order valence-corrected chi connectivity index (χ3v) is 5.49. The van der Waals surface area contributed by atoms with Crippen LogP contribution in [0.15, 0.2) is 90.4 Å². The Balaban J connectivity index is 1.50. The molecule has 5 heteroatoms. The number of nitrogens with zero attached hydrogens (tertiary/aromatic N) is 2. The summed E-state index contributed by atoms with van der Waals surface area (Å²) in [6.45, 7) is 0.382. The number of aromatic nitrogens is 2. The van der Waals surface area contributed by atoms with Gasteiger partial charge < -0.3 is 4.74 Å². The number of benzene rings is 3. The van der Waals surface area contributed by atoms with Crippen LogP contribution in [0.5, 0.6) is 5.75 Å². The summed E-state index contributed by atoms with van der Waals surface area (Å²) in [6.07, 6.45) is 2.05. The van der Waals surface area contributed by atoms with Gasteiger partial charge in [-0.05, 0) is 29.8 Å². The highest BCUT2D eigenvalue weighted by atomic mass is 32.1. The lowest BCUT2D eigenvalue weighted by molar-refractivity contribution is 0.306. The van der Waals surface area contributed by atoms with E-state index in [0.717, 1.165) is 38.8 Å². The number of hydrogen-bond donors (Lipinski definition) is 0. The molecule has 0 N–H and O–H groups in total. The van der Waals surface area contributed by atoms with Crippen LogP contribution in [0.1, 0.15) is 5.56 Å². The number of rotatable bonds is 5. The molecule has 29 heavy (non-hydrogen) atoms. The molecule has 0 bridgehead atoms. The summed E-state index contributed by atoms with van der Waals surface area (Å²) in [5.74, 6) is 0.506. The summed E-state index contributed by atoms with van der Waals surface area (Å²) < 4.78 is 21.1. The van der Waals surface area contributed by atoms with Gasteiger partial charge in [0, 0.05) is 22.7 Å². The first-order chi connectivity index (χ1) is 14.3. The maximum atomic E-state index is 13.1. The highest BCUT2D eigenvalue weighted by Gasteiger charge is 2.17. The predicted octanol–water partition coefficient (Wildman–Crippen LogP) is 6.45. The van der Waals surface area contributed by atoms with Gasteiger partial charge in [-0.2, -0.15) is 0 Å². The number of imidazole rings is 1. The predicted molar refractivity (Wildman–Crippen MR) is 115 cm³/mol. The quantitative estimate of drug-likeness (QED) is 0.339. The second-order valence-corrected chi connectivity index (χ2v) is 7.55. The van der Waals surface area contributed by atoms with Crippen molar-refractivity contribution in [2.24, 2.45) is 0 Å². The molecule has 0 aliphatic carbocycles. The van der Waals surface area contributed by atoms with E-state index >= 15 is 0 Å². The molecule has 0 aliphatic rings. The van der Waals surface area contributed by atoms with Gasteiger partial charge in [-0.3, -0.25) is 4.40 Å². The van der Waals surface area contributed by atoms with Crippen molar-refractivity contribution in [3.63, 3.8) is 0 Å². The molecule has 0 unspecified atom stereocenters. The summed E-state index contributed by atoms with van der Waals surface area (Å²) >= 11 is 1.61. The SMILES string of the molecule is Fc1ccc(COc2cccc(-c3nc4sccn4c3-c3ccccc3)c2)cc1. The van der Waals surface area contributed by atoms with Crippen LogP contribution < -0.4 is 4.74 Å². The molecule has 0 aliphatic heterocycles. The summed E-state index contributed by atoms with van der Waals surface area (Å²) in [4.78, 5) is 5.83. The minimum atomic E-state index is -0.246. The van der Waals surface area contributed by atoms with Crippen LogP contribution in [-0.2, 0) is 6.61 Å². The maximum Gasteiger partial charge on any atom is 0.194 e. The summed E-state index contributed by atoms with van der Waals surface area (Å²) in [6, 6.07) is 24.6. The van der Waals surface area contributed by atoms with E-state index in [9.17, 15) is 4.39 Å². The molecule has 0 amide bonds. The van der Waals surface area contributed by atoms with Gasteiger partial charge in [-0.25, -0.2) is 9.37 Å². The first-order valence-corrected chi connectivity index (χ1v) is 10.1. The first-order valence-electron chi connectivity index (χ1n) is 9.26. The Kier molecular flexibility index (Phi) is 4.58. The molecule has 3 aromatic carbocycles. The van der Waals surface area contributed by atoms with Crippen molar-refractivity contribution >= 4 is 16.3 Å². The normalized spacial score (nSPS) is 11.1. The molecule has 0 fully saturated rings. The fraction of sp³-hybridized carbons (Fsp3) is 0.0417. The van der Waals surface area contributed by atoms with Crippen LogP contribution in [0.3, 0.4) is 0 Å². The Bertz CT molecular complexity index is 1260. The molecule has 142 valence electrons. The van der Waals surface area contributed by atoms with E-state index in [1.54, 1.807) is 23.5 Å². The second kappa shape index (κ2) is 7.53. The number of halogens is 1. The van der Waals surface area contributed by atoms with Crippen molar-refractivity contribution in [1.82, 2.24) is 9.38 Å². The lowest BCUT2D eigenvalue weighted by Crippen LogP contribution is -1.96. The average Bonchev–Trinajstić information content (AvgIpc) is 3.35. The lowest BCUT2D eigenvalue weighted by Gasteiger charge is -2.09. The van der Waals surface area contributed by atoms with E-state index in [0.29, 0.717) is 6.61 Å². The van der Waals surface area contributed by atoms with Gasteiger partial charge in [0.1, 0.15) is 18.2 Å². The Labute approximate surface area is 171 Å². The topological polar surface area (TPSA) is 26.5 Å². The summed E-state index contributed by atoms with van der Waals surface area (Å²) in [5.41, 5.74) is 5.03. The van der Waals surface area contributed by atoms with Crippen LogP contribution in [-0.4, -0.2) is 9.38 Å². The minimum absolute atomic E-state index is 0.246. The largest absolute Gasteiger partial charge is 0.489 e. The Morgan fingerprint density at radius 1 is 0.897 bits per heavy atom. The highest BCUT2D eigenvalue weighted by molar-refractivity contribution is 7.15. The van der Waals surface area contributed by atoms with Crippen LogP contribution >= 0.6 is 11.3 Å².